The Labute approximate surface area is 205 Å². The summed E-state index contributed by atoms with van der Waals surface area (Å²) in [4.78, 5) is 27.6. The van der Waals surface area contributed by atoms with Gasteiger partial charge in [-0.2, -0.15) is 0 Å². The Kier molecular flexibility index (Phi) is 8.76. The number of aromatic hydroxyl groups is 1. The third-order valence-electron chi connectivity index (χ3n) is 5.58. The van der Waals surface area contributed by atoms with Crippen LogP contribution in [0.15, 0.2) is 48.0 Å². The Hall–Kier alpha value is -3.52. The van der Waals surface area contributed by atoms with Gasteiger partial charge < -0.3 is 29.3 Å². The lowest BCUT2D eigenvalue weighted by molar-refractivity contribution is -0.140. The van der Waals surface area contributed by atoms with Crippen molar-refractivity contribution in [2.24, 2.45) is 5.92 Å². The number of nitrogens with zero attached hydrogens (tertiary/aromatic N) is 1. The molecule has 0 radical (unpaired) electrons. The normalized spacial score (nSPS) is 17.3. The lowest BCUT2D eigenvalue weighted by Crippen LogP contribution is -2.31. The monoisotopic (exact) mass is 483 g/mol. The summed E-state index contributed by atoms with van der Waals surface area (Å²) in [5.74, 6) is -0.715. The Morgan fingerprint density at radius 2 is 1.89 bits per heavy atom. The predicted molar refractivity (Wildman–Crippen MR) is 132 cm³/mol. The summed E-state index contributed by atoms with van der Waals surface area (Å²) in [6, 6.07) is 10.6. The summed E-state index contributed by atoms with van der Waals surface area (Å²) in [7, 11) is 1.56. The molecule has 8 heteroatoms. The lowest BCUT2D eigenvalue weighted by Gasteiger charge is -2.25. The molecule has 35 heavy (non-hydrogen) atoms. The van der Waals surface area contributed by atoms with Crippen LogP contribution < -0.4 is 9.47 Å². The average molecular weight is 484 g/mol. The van der Waals surface area contributed by atoms with Crippen molar-refractivity contribution in [2.45, 2.75) is 33.2 Å². The van der Waals surface area contributed by atoms with Crippen molar-refractivity contribution in [2.75, 3.05) is 33.5 Å². The van der Waals surface area contributed by atoms with E-state index >= 15 is 0 Å². The number of phenols is 1. The molecule has 0 bridgehead atoms. The zero-order valence-electron chi connectivity index (χ0n) is 20.6. The van der Waals surface area contributed by atoms with E-state index in [1.165, 1.54) is 11.0 Å². The minimum absolute atomic E-state index is 0.0263. The van der Waals surface area contributed by atoms with E-state index in [0.29, 0.717) is 49.0 Å². The lowest BCUT2D eigenvalue weighted by atomic mass is 9.95. The molecule has 2 aromatic carbocycles. The van der Waals surface area contributed by atoms with E-state index < -0.39 is 17.7 Å². The maximum absolute atomic E-state index is 13.2. The van der Waals surface area contributed by atoms with Gasteiger partial charge in [-0.25, -0.2) is 0 Å². The van der Waals surface area contributed by atoms with Crippen LogP contribution in [-0.2, 0) is 14.3 Å². The summed E-state index contributed by atoms with van der Waals surface area (Å²) in [6.45, 7) is 7.34. The zero-order chi connectivity index (χ0) is 25.5. The molecule has 188 valence electrons. The second-order valence-electron chi connectivity index (χ2n) is 8.73. The molecule has 0 spiro atoms. The number of carbonyl (C=O) groups excluding carboxylic acids is 2. The molecule has 3 rings (SSSR count). The number of ether oxygens (including phenoxy) is 3. The number of amides is 1. The molecule has 1 fully saturated rings. The third-order valence-corrected chi connectivity index (χ3v) is 5.58. The van der Waals surface area contributed by atoms with E-state index in [4.69, 9.17) is 14.2 Å². The molecule has 0 aliphatic carbocycles. The van der Waals surface area contributed by atoms with Gasteiger partial charge in [-0.3, -0.25) is 9.59 Å². The Bertz CT molecular complexity index is 1090. The number of rotatable bonds is 11. The van der Waals surface area contributed by atoms with E-state index in [1.54, 1.807) is 50.4 Å². The number of phenolic OH excluding ortho intramolecular Hbond substituents is 1. The maximum atomic E-state index is 13.2. The van der Waals surface area contributed by atoms with Gasteiger partial charge in [-0.15, -0.1) is 0 Å². The maximum Gasteiger partial charge on any atom is 0.295 e. The molecular formula is C27H33NO7. The second kappa shape index (κ2) is 11.8. The summed E-state index contributed by atoms with van der Waals surface area (Å²) in [5.41, 5.74) is 0.883. The van der Waals surface area contributed by atoms with E-state index in [9.17, 15) is 19.8 Å². The van der Waals surface area contributed by atoms with Gasteiger partial charge in [-0.1, -0.05) is 32.0 Å². The number of hydrogen-bond donors (Lipinski definition) is 2. The molecule has 1 aliphatic rings. The van der Waals surface area contributed by atoms with Crippen molar-refractivity contribution in [1.29, 1.82) is 0 Å². The standard InChI is InChI=1S/C27H33NO7/c1-5-34-22-15-18(10-11-21(22)29)24-23(26(31)27(32)28(24)12-7-13-33-4)25(30)19-8-6-9-20(14-19)35-16-17(2)3/h6,8-11,14-15,17,24,29-30H,5,7,12-13,16H2,1-4H3/b25-23-. The van der Waals surface area contributed by atoms with E-state index in [2.05, 4.69) is 0 Å². The minimum atomic E-state index is -0.855. The molecule has 1 atom stereocenters. The van der Waals surface area contributed by atoms with Crippen LogP contribution in [0.1, 0.15) is 44.4 Å². The number of carbonyl (C=O) groups is 2. The highest BCUT2D eigenvalue weighted by molar-refractivity contribution is 6.46. The molecule has 1 amide bonds. The fourth-order valence-corrected chi connectivity index (χ4v) is 3.96. The highest BCUT2D eigenvalue weighted by Gasteiger charge is 2.46. The number of methoxy groups -OCH3 is 1. The van der Waals surface area contributed by atoms with Crippen molar-refractivity contribution in [3.63, 3.8) is 0 Å². The number of Topliss-reactive ketones (excluding diaryl/α,β-unsaturated/α-hetero) is 1. The molecule has 0 saturated carbocycles. The average Bonchev–Trinajstić information content (AvgIpc) is 3.09. The largest absolute Gasteiger partial charge is 0.507 e. The molecule has 2 aromatic rings. The number of hydrogen-bond acceptors (Lipinski definition) is 7. The van der Waals surface area contributed by atoms with Gasteiger partial charge in [0.05, 0.1) is 24.8 Å². The molecule has 8 nitrogen and oxygen atoms in total. The van der Waals surface area contributed by atoms with Gasteiger partial charge >= 0.3 is 0 Å². The van der Waals surface area contributed by atoms with Crippen molar-refractivity contribution in [3.8, 4) is 17.2 Å². The molecule has 1 saturated heterocycles. The van der Waals surface area contributed by atoms with Gasteiger partial charge in [0, 0.05) is 25.8 Å². The van der Waals surface area contributed by atoms with Crippen LogP contribution in [0.2, 0.25) is 0 Å². The quantitative estimate of drug-likeness (QED) is 0.213. The van der Waals surface area contributed by atoms with Gasteiger partial charge in [0.25, 0.3) is 11.7 Å². The van der Waals surface area contributed by atoms with Crippen LogP contribution >= 0.6 is 0 Å². The van der Waals surface area contributed by atoms with E-state index in [1.807, 2.05) is 13.8 Å². The van der Waals surface area contributed by atoms with Gasteiger partial charge in [0.15, 0.2) is 11.5 Å². The van der Waals surface area contributed by atoms with Crippen LogP contribution in [0.25, 0.3) is 5.76 Å². The first kappa shape index (κ1) is 26.1. The highest BCUT2D eigenvalue weighted by Crippen LogP contribution is 2.42. The fraction of sp³-hybridized carbons (Fsp3) is 0.407. The first-order chi connectivity index (χ1) is 16.8. The van der Waals surface area contributed by atoms with Crippen LogP contribution in [-0.4, -0.2) is 60.3 Å². The number of aliphatic hydroxyl groups is 1. The Morgan fingerprint density at radius 3 is 2.57 bits per heavy atom. The molecule has 1 heterocycles. The summed E-state index contributed by atoms with van der Waals surface area (Å²) >= 11 is 0. The number of aliphatic hydroxyl groups excluding tert-OH is 1. The van der Waals surface area contributed by atoms with E-state index in [0.717, 1.165) is 0 Å². The summed E-state index contributed by atoms with van der Waals surface area (Å²) < 4.78 is 16.4. The number of ketones is 1. The van der Waals surface area contributed by atoms with Gasteiger partial charge in [-0.05, 0) is 49.1 Å². The molecule has 2 N–H and O–H groups in total. The van der Waals surface area contributed by atoms with Crippen molar-refractivity contribution in [3.05, 3.63) is 59.2 Å². The minimum Gasteiger partial charge on any atom is -0.507 e. The predicted octanol–water partition coefficient (Wildman–Crippen LogP) is 4.28. The van der Waals surface area contributed by atoms with Crippen molar-refractivity contribution in [1.82, 2.24) is 4.90 Å². The molecular weight excluding hydrogens is 450 g/mol. The Balaban J connectivity index is 2.10. The zero-order valence-corrected chi connectivity index (χ0v) is 20.6. The van der Waals surface area contributed by atoms with Crippen LogP contribution in [0.4, 0.5) is 0 Å². The second-order valence-corrected chi connectivity index (χ2v) is 8.73. The first-order valence-corrected chi connectivity index (χ1v) is 11.7. The van der Waals surface area contributed by atoms with Gasteiger partial charge in [0.2, 0.25) is 0 Å². The van der Waals surface area contributed by atoms with Crippen LogP contribution in [0.5, 0.6) is 17.2 Å². The molecule has 1 unspecified atom stereocenters. The third kappa shape index (κ3) is 5.95. The van der Waals surface area contributed by atoms with Crippen LogP contribution in [0.3, 0.4) is 0 Å². The summed E-state index contributed by atoms with van der Waals surface area (Å²) in [6.07, 6.45) is 0.509. The first-order valence-electron chi connectivity index (χ1n) is 11.7. The van der Waals surface area contributed by atoms with Crippen molar-refractivity contribution >= 4 is 17.4 Å². The topological polar surface area (TPSA) is 106 Å². The molecule has 0 aromatic heterocycles. The highest BCUT2D eigenvalue weighted by atomic mass is 16.5. The number of benzene rings is 2. The SMILES string of the molecule is CCOc1cc(C2/C(=C(/O)c3cccc(OCC(C)C)c3)C(=O)C(=O)N2CCCOC)ccc1O. The summed E-state index contributed by atoms with van der Waals surface area (Å²) in [5, 5.41) is 21.4. The molecule has 1 aliphatic heterocycles. The number of likely N-dealkylation sites (tertiary alicyclic amines) is 1. The van der Waals surface area contributed by atoms with E-state index in [-0.39, 0.29) is 29.4 Å². The smallest absolute Gasteiger partial charge is 0.295 e. The van der Waals surface area contributed by atoms with Gasteiger partial charge in [0.1, 0.15) is 11.5 Å². The Morgan fingerprint density at radius 1 is 1.11 bits per heavy atom. The fourth-order valence-electron chi connectivity index (χ4n) is 3.96. The van der Waals surface area contributed by atoms with Crippen molar-refractivity contribution < 1.29 is 34.0 Å². The van der Waals surface area contributed by atoms with Crippen LogP contribution in [0, 0.1) is 5.92 Å².